The van der Waals surface area contributed by atoms with Crippen molar-refractivity contribution in [3.8, 4) is 17.0 Å². The molecule has 2 aromatic rings. The average molecular weight is 315 g/mol. The van der Waals surface area contributed by atoms with Crippen LogP contribution in [-0.4, -0.2) is 28.0 Å². The Labute approximate surface area is 133 Å². The lowest BCUT2D eigenvalue weighted by Gasteiger charge is -2.13. The highest BCUT2D eigenvalue weighted by molar-refractivity contribution is 5.94. The summed E-state index contributed by atoms with van der Waals surface area (Å²) < 4.78 is 6.45. The number of carbonyl (C=O) groups excluding carboxylic acids is 1. The summed E-state index contributed by atoms with van der Waals surface area (Å²) in [6.45, 7) is 3.18. The molecule has 0 radical (unpaired) electrons. The van der Waals surface area contributed by atoms with E-state index in [1.54, 1.807) is 30.3 Å². The van der Waals surface area contributed by atoms with Crippen LogP contribution in [0.2, 0.25) is 0 Å². The number of ketones is 1. The van der Waals surface area contributed by atoms with Crippen molar-refractivity contribution in [2.75, 3.05) is 6.61 Å². The van der Waals surface area contributed by atoms with Gasteiger partial charge in [-0.3, -0.25) is 19.0 Å². The van der Waals surface area contributed by atoms with Gasteiger partial charge in [-0.15, -0.1) is 0 Å². The van der Waals surface area contributed by atoms with E-state index in [9.17, 15) is 14.4 Å². The van der Waals surface area contributed by atoms with Crippen molar-refractivity contribution in [1.82, 2.24) is 4.57 Å². The van der Waals surface area contributed by atoms with Crippen LogP contribution in [0.15, 0.2) is 41.2 Å². The molecule has 0 aliphatic rings. The number of aliphatic carboxylic acids is 1. The quantitative estimate of drug-likeness (QED) is 0.826. The summed E-state index contributed by atoms with van der Waals surface area (Å²) in [6.07, 6.45) is 0. The maximum atomic E-state index is 12.4. The molecule has 2 rings (SSSR count). The normalized spacial score (nSPS) is 10.3. The molecule has 0 fully saturated rings. The predicted octanol–water partition coefficient (Wildman–Crippen LogP) is 2.20. The zero-order valence-electron chi connectivity index (χ0n) is 12.9. The van der Waals surface area contributed by atoms with Crippen molar-refractivity contribution < 1.29 is 19.4 Å². The van der Waals surface area contributed by atoms with Crippen LogP contribution < -0.4 is 10.3 Å². The van der Waals surface area contributed by atoms with Crippen LogP contribution in [0.3, 0.4) is 0 Å². The second-order valence-electron chi connectivity index (χ2n) is 4.93. The molecule has 6 nitrogen and oxygen atoms in total. The Hall–Kier alpha value is -2.89. The highest BCUT2D eigenvalue weighted by atomic mass is 16.5. The van der Waals surface area contributed by atoms with Crippen LogP contribution in [0.4, 0.5) is 0 Å². The summed E-state index contributed by atoms with van der Waals surface area (Å²) >= 11 is 0. The van der Waals surface area contributed by atoms with Crippen LogP contribution >= 0.6 is 0 Å². The summed E-state index contributed by atoms with van der Waals surface area (Å²) in [4.78, 5) is 34.9. The minimum atomic E-state index is -1.15. The molecule has 0 bridgehead atoms. The molecule has 0 saturated heterocycles. The molecule has 0 spiro atoms. The average Bonchev–Trinajstić information content (AvgIpc) is 2.50. The van der Waals surface area contributed by atoms with Crippen molar-refractivity contribution in [2.45, 2.75) is 20.4 Å². The van der Waals surface area contributed by atoms with Crippen LogP contribution in [0, 0.1) is 0 Å². The molecule has 0 unspecified atom stereocenters. The van der Waals surface area contributed by atoms with E-state index in [-0.39, 0.29) is 5.56 Å². The number of carboxylic acid groups (broad SMARTS) is 1. The van der Waals surface area contributed by atoms with Crippen molar-refractivity contribution in [3.63, 3.8) is 0 Å². The number of carbonyl (C=O) groups is 2. The summed E-state index contributed by atoms with van der Waals surface area (Å²) in [6, 6.07) is 9.98. The molecule has 1 heterocycles. The van der Waals surface area contributed by atoms with Gasteiger partial charge in [-0.2, -0.15) is 0 Å². The standard InChI is InChI=1S/C17H17NO5/c1-3-23-13-6-4-12(5-7-13)15-9-8-14(11(2)19)17(22)18(15)10-16(20)21/h4-9H,3,10H2,1-2H3,(H,20,21). The number of aromatic nitrogens is 1. The molecular formula is C17H17NO5. The third-order valence-corrected chi connectivity index (χ3v) is 3.31. The second kappa shape index (κ2) is 6.91. The van der Waals surface area contributed by atoms with Gasteiger partial charge in [0.15, 0.2) is 5.78 Å². The van der Waals surface area contributed by atoms with E-state index in [1.807, 2.05) is 6.92 Å². The number of hydrogen-bond acceptors (Lipinski definition) is 4. The molecular weight excluding hydrogens is 298 g/mol. The topological polar surface area (TPSA) is 85.6 Å². The highest BCUT2D eigenvalue weighted by Crippen LogP contribution is 2.22. The fourth-order valence-electron chi connectivity index (χ4n) is 2.28. The first-order valence-corrected chi connectivity index (χ1v) is 7.13. The number of pyridine rings is 1. The number of nitrogens with zero attached hydrogens (tertiary/aromatic N) is 1. The maximum absolute atomic E-state index is 12.4. The van der Waals surface area contributed by atoms with Crippen molar-refractivity contribution >= 4 is 11.8 Å². The summed E-state index contributed by atoms with van der Waals surface area (Å²) in [5, 5.41) is 9.04. The van der Waals surface area contributed by atoms with Crippen molar-refractivity contribution in [3.05, 3.63) is 52.3 Å². The fraction of sp³-hybridized carbons (Fsp3) is 0.235. The van der Waals surface area contributed by atoms with Crippen molar-refractivity contribution in [2.24, 2.45) is 0 Å². The molecule has 0 saturated carbocycles. The van der Waals surface area contributed by atoms with E-state index in [4.69, 9.17) is 9.84 Å². The molecule has 120 valence electrons. The Morgan fingerprint density at radius 2 is 1.78 bits per heavy atom. The predicted molar refractivity (Wildman–Crippen MR) is 84.9 cm³/mol. The molecule has 6 heteroatoms. The lowest BCUT2D eigenvalue weighted by atomic mass is 10.1. The number of Topliss-reactive ketones (excluding diaryl/α,β-unsaturated/α-hetero) is 1. The van der Waals surface area contributed by atoms with Crippen molar-refractivity contribution in [1.29, 1.82) is 0 Å². The van der Waals surface area contributed by atoms with Crippen LogP contribution in [-0.2, 0) is 11.3 Å². The number of hydrogen-bond donors (Lipinski definition) is 1. The Morgan fingerprint density at radius 1 is 1.13 bits per heavy atom. The summed E-state index contributed by atoms with van der Waals surface area (Å²) in [5.41, 5.74) is 0.472. The first-order chi connectivity index (χ1) is 10.9. The summed E-state index contributed by atoms with van der Waals surface area (Å²) in [5.74, 6) is -0.865. The van der Waals surface area contributed by atoms with Gasteiger partial charge in [-0.25, -0.2) is 0 Å². The third-order valence-electron chi connectivity index (χ3n) is 3.31. The Kier molecular flexibility index (Phi) is 4.95. The zero-order chi connectivity index (χ0) is 17.0. The van der Waals surface area contributed by atoms with Crippen LogP contribution in [0.5, 0.6) is 5.75 Å². The Bertz CT molecular complexity index is 790. The first kappa shape index (κ1) is 16.5. The molecule has 1 aromatic carbocycles. The smallest absolute Gasteiger partial charge is 0.323 e. The Morgan fingerprint density at radius 3 is 2.30 bits per heavy atom. The molecule has 1 aromatic heterocycles. The van der Waals surface area contributed by atoms with Gasteiger partial charge in [0.1, 0.15) is 12.3 Å². The molecule has 0 atom stereocenters. The molecule has 0 aliphatic heterocycles. The first-order valence-electron chi connectivity index (χ1n) is 7.13. The number of benzene rings is 1. The second-order valence-corrected chi connectivity index (χ2v) is 4.93. The van der Waals surface area contributed by atoms with Crippen LogP contribution in [0.25, 0.3) is 11.3 Å². The molecule has 23 heavy (non-hydrogen) atoms. The molecule has 0 amide bonds. The zero-order valence-corrected chi connectivity index (χ0v) is 12.9. The van der Waals surface area contributed by atoms with Gasteiger partial charge in [0.05, 0.1) is 17.9 Å². The SMILES string of the molecule is CCOc1ccc(-c2ccc(C(C)=O)c(=O)n2CC(=O)O)cc1. The van der Waals surface area contributed by atoms with Gasteiger partial charge in [0.25, 0.3) is 5.56 Å². The maximum Gasteiger partial charge on any atom is 0.323 e. The molecule has 1 N–H and O–H groups in total. The van der Waals surface area contributed by atoms with E-state index in [2.05, 4.69) is 0 Å². The lowest BCUT2D eigenvalue weighted by molar-refractivity contribution is -0.137. The third kappa shape index (κ3) is 3.66. The van der Waals surface area contributed by atoms with Gasteiger partial charge in [0, 0.05) is 0 Å². The fourth-order valence-corrected chi connectivity index (χ4v) is 2.28. The summed E-state index contributed by atoms with van der Waals surface area (Å²) in [7, 11) is 0. The number of rotatable bonds is 6. The van der Waals surface area contributed by atoms with Gasteiger partial charge in [0.2, 0.25) is 0 Å². The lowest BCUT2D eigenvalue weighted by Crippen LogP contribution is -2.29. The van der Waals surface area contributed by atoms with Gasteiger partial charge in [-0.1, -0.05) is 0 Å². The monoisotopic (exact) mass is 315 g/mol. The van der Waals surface area contributed by atoms with E-state index >= 15 is 0 Å². The minimum Gasteiger partial charge on any atom is -0.494 e. The van der Waals surface area contributed by atoms with Gasteiger partial charge in [-0.05, 0) is 55.8 Å². The number of ether oxygens (including phenoxy) is 1. The van der Waals surface area contributed by atoms with E-state index in [0.29, 0.717) is 23.6 Å². The minimum absolute atomic E-state index is 0.0269. The Balaban J connectivity index is 2.56. The molecule has 0 aliphatic carbocycles. The van der Waals surface area contributed by atoms with E-state index < -0.39 is 23.9 Å². The highest BCUT2D eigenvalue weighted by Gasteiger charge is 2.15. The largest absolute Gasteiger partial charge is 0.494 e. The van der Waals surface area contributed by atoms with Gasteiger partial charge >= 0.3 is 5.97 Å². The number of carboxylic acids is 1. The van der Waals surface area contributed by atoms with E-state index in [0.717, 1.165) is 4.57 Å². The van der Waals surface area contributed by atoms with E-state index in [1.165, 1.54) is 13.0 Å². The van der Waals surface area contributed by atoms with Crippen LogP contribution in [0.1, 0.15) is 24.2 Å². The van der Waals surface area contributed by atoms with Gasteiger partial charge < -0.3 is 9.84 Å².